The lowest BCUT2D eigenvalue weighted by Crippen LogP contribution is -2.35. The van der Waals surface area contributed by atoms with Crippen LogP contribution in [0.4, 0.5) is 5.69 Å². The van der Waals surface area contributed by atoms with Crippen molar-refractivity contribution in [3.8, 4) is 0 Å². The molecule has 8 heteroatoms. The molecule has 0 unspecified atom stereocenters. The van der Waals surface area contributed by atoms with Crippen molar-refractivity contribution in [2.45, 2.75) is 27.2 Å². The highest BCUT2D eigenvalue weighted by molar-refractivity contribution is 7.49. The van der Waals surface area contributed by atoms with Gasteiger partial charge in [0.1, 0.15) is 0 Å². The summed E-state index contributed by atoms with van der Waals surface area (Å²) in [7, 11) is -3.75. The molecule has 0 bridgehead atoms. The predicted octanol–water partition coefficient (Wildman–Crippen LogP) is 3.78. The number of phosphoric acid groups is 1. The maximum absolute atomic E-state index is 12.7. The number of amides is 1. The van der Waals surface area contributed by atoms with Crippen LogP contribution >= 0.6 is 7.82 Å². The van der Waals surface area contributed by atoms with Crippen LogP contribution in [0.15, 0.2) is 29.3 Å². The zero-order valence-corrected chi connectivity index (χ0v) is 15.1. The van der Waals surface area contributed by atoms with Crippen LogP contribution in [0.25, 0.3) is 0 Å². The monoisotopic (exact) mass is 354 g/mol. The van der Waals surface area contributed by atoms with E-state index in [0.29, 0.717) is 17.8 Å². The Kier molecular flexibility index (Phi) is 6.54. The third-order valence-corrected chi connectivity index (χ3v) is 4.86. The van der Waals surface area contributed by atoms with Crippen molar-refractivity contribution in [1.82, 2.24) is 4.90 Å². The molecule has 2 rings (SSSR count). The molecule has 1 aromatic carbocycles. The highest BCUT2D eigenvalue weighted by Gasteiger charge is 2.32. The number of carbonyl (C=O) groups excluding carboxylic acids is 1. The number of carbonyl (C=O) groups is 1. The van der Waals surface area contributed by atoms with Crippen molar-refractivity contribution < 1.29 is 22.9 Å². The summed E-state index contributed by atoms with van der Waals surface area (Å²) >= 11 is 0. The van der Waals surface area contributed by atoms with E-state index in [1.54, 1.807) is 43.0 Å². The molecule has 132 valence electrons. The van der Waals surface area contributed by atoms with Crippen LogP contribution in [0, 0.1) is 0 Å². The van der Waals surface area contributed by atoms with E-state index in [0.717, 1.165) is 6.42 Å². The Morgan fingerprint density at radius 1 is 1.17 bits per heavy atom. The predicted molar refractivity (Wildman–Crippen MR) is 91.7 cm³/mol. The van der Waals surface area contributed by atoms with Gasteiger partial charge in [-0.2, -0.15) is 0 Å². The first-order chi connectivity index (χ1) is 11.5. The highest BCUT2D eigenvalue weighted by atomic mass is 31.2. The minimum atomic E-state index is -3.75. The summed E-state index contributed by atoms with van der Waals surface area (Å²) in [6.07, 6.45) is 0.787. The number of rotatable bonds is 7. The van der Waals surface area contributed by atoms with Gasteiger partial charge in [0.15, 0.2) is 0 Å². The van der Waals surface area contributed by atoms with Gasteiger partial charge >= 0.3 is 7.82 Å². The summed E-state index contributed by atoms with van der Waals surface area (Å²) < 4.78 is 28.4. The fraction of sp³-hybridized carbons (Fsp3) is 0.500. The average molecular weight is 354 g/mol. The second kappa shape index (κ2) is 8.42. The van der Waals surface area contributed by atoms with Gasteiger partial charge in [-0.05, 0) is 32.4 Å². The molecule has 1 aliphatic rings. The van der Waals surface area contributed by atoms with E-state index in [1.165, 1.54) is 0 Å². The molecule has 7 nitrogen and oxygen atoms in total. The zero-order chi connectivity index (χ0) is 17.6. The lowest BCUT2D eigenvalue weighted by molar-refractivity contribution is 0.0774. The first-order valence-electron chi connectivity index (χ1n) is 8.07. The normalized spacial score (nSPS) is 14.9. The molecule has 0 atom stereocenters. The Hall–Kier alpha value is -1.69. The van der Waals surface area contributed by atoms with Crippen molar-refractivity contribution in [2.24, 2.45) is 4.99 Å². The van der Waals surface area contributed by atoms with Crippen LogP contribution in [0.5, 0.6) is 0 Å². The molecule has 0 radical (unpaired) electrons. The van der Waals surface area contributed by atoms with Gasteiger partial charge in [-0.1, -0.05) is 19.1 Å². The minimum Gasteiger partial charge on any atom is -0.388 e. The lowest BCUT2D eigenvalue weighted by atomic mass is 10.1. The van der Waals surface area contributed by atoms with Crippen molar-refractivity contribution in [3.05, 3.63) is 29.8 Å². The fourth-order valence-electron chi connectivity index (χ4n) is 2.36. The van der Waals surface area contributed by atoms with Crippen LogP contribution < -0.4 is 0 Å². The molecule has 0 aliphatic carbocycles. The van der Waals surface area contributed by atoms with E-state index in [2.05, 4.69) is 4.99 Å². The Bertz CT molecular complexity index is 652. The van der Waals surface area contributed by atoms with Gasteiger partial charge in [0.2, 0.25) is 5.90 Å². The van der Waals surface area contributed by atoms with E-state index in [-0.39, 0.29) is 31.6 Å². The topological polar surface area (TPSA) is 77.4 Å². The highest BCUT2D eigenvalue weighted by Crippen LogP contribution is 2.50. The molecule has 1 aromatic rings. The molecule has 1 amide bonds. The first kappa shape index (κ1) is 18.6. The van der Waals surface area contributed by atoms with Gasteiger partial charge in [0, 0.05) is 6.54 Å². The van der Waals surface area contributed by atoms with E-state index >= 15 is 0 Å². The standard InChI is InChI=1S/C16H23N2O5P/c1-4-11-18-12-15(23-24(20,21-5-2)22-6-3)17-14-10-8-7-9-13(14)16(18)19/h7-10H,4-6,11-12H2,1-3H3. The summed E-state index contributed by atoms with van der Waals surface area (Å²) in [5.74, 6) is 0.0180. The Morgan fingerprint density at radius 2 is 1.83 bits per heavy atom. The number of fused-ring (bicyclic) bond motifs is 1. The summed E-state index contributed by atoms with van der Waals surface area (Å²) in [5, 5.41) is 0. The van der Waals surface area contributed by atoms with Crippen molar-refractivity contribution in [1.29, 1.82) is 0 Å². The Balaban J connectivity index is 2.36. The summed E-state index contributed by atoms with van der Waals surface area (Å²) in [5.41, 5.74) is 0.975. The van der Waals surface area contributed by atoms with Gasteiger partial charge < -0.3 is 9.42 Å². The molecule has 0 spiro atoms. The number of aliphatic imine (C=N–C) groups is 1. The van der Waals surface area contributed by atoms with Crippen LogP contribution in [0.1, 0.15) is 37.6 Å². The lowest BCUT2D eigenvalue weighted by Gasteiger charge is -2.22. The Morgan fingerprint density at radius 3 is 2.46 bits per heavy atom. The number of benzene rings is 1. The molecule has 0 saturated heterocycles. The first-order valence-corrected chi connectivity index (χ1v) is 9.53. The van der Waals surface area contributed by atoms with E-state index in [1.807, 2.05) is 6.92 Å². The van der Waals surface area contributed by atoms with E-state index < -0.39 is 7.82 Å². The van der Waals surface area contributed by atoms with Crippen molar-refractivity contribution >= 4 is 25.3 Å². The quantitative estimate of drug-likeness (QED) is 0.697. The van der Waals surface area contributed by atoms with Crippen molar-refractivity contribution in [3.63, 3.8) is 0 Å². The van der Waals surface area contributed by atoms with Gasteiger partial charge in [-0.15, -0.1) is 0 Å². The summed E-state index contributed by atoms with van der Waals surface area (Å²) in [6.45, 7) is 6.40. The largest absolute Gasteiger partial charge is 0.531 e. The Labute approximate surface area is 142 Å². The smallest absolute Gasteiger partial charge is 0.388 e. The summed E-state index contributed by atoms with van der Waals surface area (Å²) in [4.78, 5) is 18.6. The number of para-hydroxylation sites is 1. The van der Waals surface area contributed by atoms with Crippen LogP contribution in [0.3, 0.4) is 0 Å². The van der Waals surface area contributed by atoms with Gasteiger partial charge in [0.25, 0.3) is 5.91 Å². The third kappa shape index (κ3) is 4.44. The molecule has 1 heterocycles. The molecule has 0 aromatic heterocycles. The summed E-state index contributed by atoms with van der Waals surface area (Å²) in [6, 6.07) is 7.01. The molecular weight excluding hydrogens is 331 g/mol. The number of nitrogens with zero attached hydrogens (tertiary/aromatic N) is 2. The maximum Gasteiger partial charge on any atom is 0.531 e. The van der Waals surface area contributed by atoms with Crippen molar-refractivity contribution in [2.75, 3.05) is 26.3 Å². The van der Waals surface area contributed by atoms with Gasteiger partial charge in [-0.25, -0.2) is 9.56 Å². The van der Waals surface area contributed by atoms with Gasteiger partial charge in [0.05, 0.1) is 31.0 Å². The molecular formula is C16H23N2O5P. The molecule has 24 heavy (non-hydrogen) atoms. The molecule has 0 fully saturated rings. The van der Waals surface area contributed by atoms with E-state index in [9.17, 15) is 9.36 Å². The third-order valence-electron chi connectivity index (χ3n) is 3.28. The SMILES string of the molecule is CCCN1CC(OP(=O)(OCC)OCC)=Nc2ccccc2C1=O. The second-order valence-electron chi connectivity index (χ2n) is 5.12. The fourth-order valence-corrected chi connectivity index (χ4v) is 3.53. The molecule has 0 N–H and O–H groups in total. The molecule has 1 aliphatic heterocycles. The van der Waals surface area contributed by atoms with Crippen LogP contribution in [-0.4, -0.2) is 43.0 Å². The maximum atomic E-state index is 12.7. The van der Waals surface area contributed by atoms with Crippen LogP contribution in [-0.2, 0) is 18.1 Å². The number of hydrogen-bond donors (Lipinski definition) is 0. The number of phosphoric ester groups is 1. The zero-order valence-electron chi connectivity index (χ0n) is 14.2. The second-order valence-corrected chi connectivity index (χ2v) is 6.72. The van der Waals surface area contributed by atoms with E-state index in [4.69, 9.17) is 13.6 Å². The molecule has 0 saturated carbocycles. The van der Waals surface area contributed by atoms with Gasteiger partial charge in [-0.3, -0.25) is 13.8 Å². The average Bonchev–Trinajstić information content (AvgIpc) is 2.66. The van der Waals surface area contributed by atoms with Crippen LogP contribution in [0.2, 0.25) is 0 Å². The number of hydrogen-bond acceptors (Lipinski definition) is 6. The minimum absolute atomic E-state index is 0.117.